The van der Waals surface area contributed by atoms with Crippen LogP contribution in [-0.4, -0.2) is 39.2 Å². The molecule has 0 aliphatic carbocycles. The third kappa shape index (κ3) is 6.06. The summed E-state index contributed by atoms with van der Waals surface area (Å²) in [5.74, 6) is 2.53. The number of aromatic nitrogens is 3. The van der Waals surface area contributed by atoms with Crippen LogP contribution in [0.25, 0.3) is 0 Å². The number of aryl methyl sites for hydroxylation is 1. The summed E-state index contributed by atoms with van der Waals surface area (Å²) >= 11 is 0. The van der Waals surface area contributed by atoms with E-state index in [1.165, 1.54) is 12.1 Å². The van der Waals surface area contributed by atoms with Gasteiger partial charge in [0.1, 0.15) is 12.4 Å². The van der Waals surface area contributed by atoms with E-state index in [4.69, 9.17) is 0 Å². The van der Waals surface area contributed by atoms with E-state index < -0.39 is 11.7 Å². The summed E-state index contributed by atoms with van der Waals surface area (Å²) in [6.45, 7) is 4.44. The molecule has 0 fully saturated rings. The van der Waals surface area contributed by atoms with Crippen LogP contribution in [0.4, 0.5) is 13.2 Å². The van der Waals surface area contributed by atoms with Gasteiger partial charge in [0.2, 0.25) is 0 Å². The number of hydrogen-bond acceptors (Lipinski definition) is 3. The van der Waals surface area contributed by atoms with Crippen LogP contribution in [0.3, 0.4) is 0 Å². The SMILES string of the molecule is CCNC(=NCc1nnc2n1CCCC2)N(C)Cc1ccc(C(F)(F)F)cc1.I. The van der Waals surface area contributed by atoms with E-state index >= 15 is 0 Å². The van der Waals surface area contributed by atoms with Crippen molar-refractivity contribution in [2.24, 2.45) is 4.99 Å². The molecule has 0 amide bonds. The highest BCUT2D eigenvalue weighted by Gasteiger charge is 2.30. The van der Waals surface area contributed by atoms with Gasteiger partial charge in [0.05, 0.1) is 5.56 Å². The third-order valence-electron chi connectivity index (χ3n) is 4.70. The van der Waals surface area contributed by atoms with Crippen molar-refractivity contribution in [2.75, 3.05) is 13.6 Å². The molecule has 2 aromatic rings. The van der Waals surface area contributed by atoms with E-state index in [9.17, 15) is 13.2 Å². The van der Waals surface area contributed by atoms with Crippen molar-refractivity contribution in [1.82, 2.24) is 25.0 Å². The second kappa shape index (κ2) is 10.3. The molecule has 0 radical (unpaired) electrons. The molecule has 2 heterocycles. The Kier molecular flexibility index (Phi) is 8.29. The number of aliphatic imine (C=N–C) groups is 1. The maximum Gasteiger partial charge on any atom is 0.416 e. The van der Waals surface area contributed by atoms with E-state index in [1.54, 1.807) is 0 Å². The summed E-state index contributed by atoms with van der Waals surface area (Å²) in [5, 5.41) is 11.7. The molecule has 0 spiro atoms. The second-order valence-electron chi connectivity index (χ2n) is 6.86. The molecule has 6 nitrogen and oxygen atoms in total. The number of rotatable bonds is 5. The molecule has 1 aromatic carbocycles. The molecule has 0 bridgehead atoms. The van der Waals surface area contributed by atoms with Gasteiger partial charge < -0.3 is 14.8 Å². The minimum Gasteiger partial charge on any atom is -0.357 e. The molecule has 29 heavy (non-hydrogen) atoms. The Morgan fingerprint density at radius 3 is 2.59 bits per heavy atom. The first-order chi connectivity index (χ1) is 13.4. The predicted molar refractivity (Wildman–Crippen MR) is 116 cm³/mol. The van der Waals surface area contributed by atoms with Gasteiger partial charge in [-0.3, -0.25) is 0 Å². The molecular weight excluding hydrogens is 496 g/mol. The fourth-order valence-corrected chi connectivity index (χ4v) is 3.25. The first-order valence-corrected chi connectivity index (χ1v) is 9.45. The summed E-state index contributed by atoms with van der Waals surface area (Å²) in [4.78, 5) is 6.53. The summed E-state index contributed by atoms with van der Waals surface area (Å²) in [6, 6.07) is 5.21. The highest BCUT2D eigenvalue weighted by Crippen LogP contribution is 2.29. The van der Waals surface area contributed by atoms with E-state index in [-0.39, 0.29) is 24.0 Å². The maximum atomic E-state index is 12.7. The largest absolute Gasteiger partial charge is 0.416 e. The molecule has 0 saturated carbocycles. The number of guanidine groups is 1. The van der Waals surface area contributed by atoms with Crippen molar-refractivity contribution in [3.05, 3.63) is 47.0 Å². The van der Waals surface area contributed by atoms with E-state index in [1.807, 2.05) is 18.9 Å². The van der Waals surface area contributed by atoms with E-state index in [0.717, 1.165) is 55.2 Å². The predicted octanol–water partition coefficient (Wildman–Crippen LogP) is 3.85. The van der Waals surface area contributed by atoms with Crippen LogP contribution in [0.15, 0.2) is 29.3 Å². The molecule has 1 aliphatic rings. The molecule has 1 aliphatic heterocycles. The number of hydrogen-bond donors (Lipinski definition) is 1. The van der Waals surface area contributed by atoms with Crippen molar-refractivity contribution in [3.8, 4) is 0 Å². The van der Waals surface area contributed by atoms with Crippen molar-refractivity contribution in [3.63, 3.8) is 0 Å². The van der Waals surface area contributed by atoms with Crippen LogP contribution in [-0.2, 0) is 32.2 Å². The van der Waals surface area contributed by atoms with Crippen LogP contribution in [0, 0.1) is 0 Å². The first kappa shape index (κ1) is 23.4. The van der Waals surface area contributed by atoms with E-state index in [0.29, 0.717) is 25.6 Å². The molecule has 10 heteroatoms. The maximum absolute atomic E-state index is 12.7. The van der Waals surface area contributed by atoms with Crippen LogP contribution in [0.1, 0.15) is 42.5 Å². The number of nitrogens with zero attached hydrogens (tertiary/aromatic N) is 5. The van der Waals surface area contributed by atoms with Gasteiger partial charge in [-0.25, -0.2) is 4.99 Å². The Balaban J connectivity index is 0.00000300. The number of fused-ring (bicyclic) bond motifs is 1. The third-order valence-corrected chi connectivity index (χ3v) is 4.70. The van der Waals surface area contributed by atoms with Crippen LogP contribution in [0.2, 0.25) is 0 Å². The van der Waals surface area contributed by atoms with Crippen LogP contribution >= 0.6 is 24.0 Å². The summed E-state index contributed by atoms with van der Waals surface area (Å²) in [5.41, 5.74) is 0.136. The van der Waals surface area contributed by atoms with Gasteiger partial charge >= 0.3 is 6.18 Å². The molecule has 0 atom stereocenters. The van der Waals surface area contributed by atoms with E-state index in [2.05, 4.69) is 25.1 Å². The average molecular weight is 522 g/mol. The van der Waals surface area contributed by atoms with Gasteiger partial charge in [0.15, 0.2) is 11.8 Å². The Bertz CT molecular complexity index is 816. The fourth-order valence-electron chi connectivity index (χ4n) is 3.25. The first-order valence-electron chi connectivity index (χ1n) is 9.45. The summed E-state index contributed by atoms with van der Waals surface area (Å²) in [6.07, 6.45) is -1.11. The Labute approximate surface area is 185 Å². The zero-order chi connectivity index (χ0) is 20.1. The lowest BCUT2D eigenvalue weighted by atomic mass is 10.1. The standard InChI is InChI=1S/C19H25F3N6.HI/c1-3-23-18(24-12-17-26-25-16-6-4-5-11-28(16)17)27(2)13-14-7-9-15(10-8-14)19(20,21)22;/h7-10H,3-6,11-13H2,1-2H3,(H,23,24);1H. The highest BCUT2D eigenvalue weighted by atomic mass is 127. The average Bonchev–Trinajstić information content (AvgIpc) is 3.08. The van der Waals surface area contributed by atoms with Gasteiger partial charge in [0.25, 0.3) is 0 Å². The van der Waals surface area contributed by atoms with Gasteiger partial charge in [-0.1, -0.05) is 12.1 Å². The smallest absolute Gasteiger partial charge is 0.357 e. The minimum atomic E-state index is -4.32. The van der Waals surface area contributed by atoms with Crippen molar-refractivity contribution in [1.29, 1.82) is 0 Å². The topological polar surface area (TPSA) is 58.3 Å². The monoisotopic (exact) mass is 522 g/mol. The summed E-state index contributed by atoms with van der Waals surface area (Å²) in [7, 11) is 1.86. The lowest BCUT2D eigenvalue weighted by Crippen LogP contribution is -2.38. The molecule has 0 saturated heterocycles. The lowest BCUT2D eigenvalue weighted by Gasteiger charge is -2.22. The van der Waals surface area contributed by atoms with Crippen LogP contribution in [0.5, 0.6) is 0 Å². The molecule has 0 unspecified atom stereocenters. The number of alkyl halides is 3. The zero-order valence-corrected chi connectivity index (χ0v) is 18.9. The normalized spacial score (nSPS) is 14.2. The lowest BCUT2D eigenvalue weighted by molar-refractivity contribution is -0.137. The van der Waals surface area contributed by atoms with Crippen molar-refractivity contribution in [2.45, 2.75) is 52.0 Å². The van der Waals surface area contributed by atoms with Crippen molar-refractivity contribution >= 4 is 29.9 Å². The number of nitrogens with one attached hydrogen (secondary N) is 1. The van der Waals surface area contributed by atoms with Crippen molar-refractivity contribution < 1.29 is 13.2 Å². The molecule has 1 N–H and O–H groups in total. The van der Waals surface area contributed by atoms with Gasteiger partial charge in [0, 0.05) is 33.1 Å². The minimum absolute atomic E-state index is 0. The van der Waals surface area contributed by atoms with Crippen LogP contribution < -0.4 is 5.32 Å². The van der Waals surface area contributed by atoms with Gasteiger partial charge in [-0.2, -0.15) is 13.2 Å². The molecule has 3 rings (SSSR count). The fraction of sp³-hybridized carbons (Fsp3) is 0.526. The van der Waals surface area contributed by atoms with Gasteiger partial charge in [-0.05, 0) is 37.5 Å². The Morgan fingerprint density at radius 1 is 1.21 bits per heavy atom. The zero-order valence-electron chi connectivity index (χ0n) is 16.5. The number of benzene rings is 1. The Hall–Kier alpha value is -1.85. The quantitative estimate of drug-likeness (QED) is 0.369. The highest BCUT2D eigenvalue weighted by molar-refractivity contribution is 14.0. The molecule has 1 aromatic heterocycles. The molecule has 160 valence electrons. The molecular formula is C19H26F3IN6. The number of halogens is 4. The Morgan fingerprint density at radius 2 is 1.93 bits per heavy atom. The second-order valence-corrected chi connectivity index (χ2v) is 6.86. The summed E-state index contributed by atoms with van der Waals surface area (Å²) < 4.78 is 40.3. The van der Waals surface area contributed by atoms with Gasteiger partial charge in [-0.15, -0.1) is 34.2 Å².